The largest absolute Gasteiger partial charge is 0.464 e. The molecule has 2 nitrogen and oxygen atoms in total. The van der Waals surface area contributed by atoms with Gasteiger partial charge in [-0.3, -0.25) is 0 Å². The Morgan fingerprint density at radius 3 is 2.67 bits per heavy atom. The van der Waals surface area contributed by atoms with Crippen molar-refractivity contribution in [1.29, 1.82) is 0 Å². The summed E-state index contributed by atoms with van der Waals surface area (Å²) in [4.78, 5) is 0. The summed E-state index contributed by atoms with van der Waals surface area (Å²) in [5, 5.41) is 0. The maximum Gasteiger partial charge on any atom is 0.189 e. The molecule has 0 saturated carbocycles. The molecule has 0 aromatic heterocycles. The first-order chi connectivity index (χ1) is 8.86. The van der Waals surface area contributed by atoms with Gasteiger partial charge in [0.1, 0.15) is 5.76 Å². The maximum absolute atomic E-state index is 5.51. The van der Waals surface area contributed by atoms with Gasteiger partial charge in [-0.25, -0.2) is 0 Å². The van der Waals surface area contributed by atoms with Gasteiger partial charge in [-0.1, -0.05) is 55.8 Å². The Kier molecular flexibility index (Phi) is 7.70. The van der Waals surface area contributed by atoms with E-state index in [0.29, 0.717) is 0 Å². The highest BCUT2D eigenvalue weighted by molar-refractivity contribution is 5.48. The molecule has 0 amide bonds. The summed E-state index contributed by atoms with van der Waals surface area (Å²) < 4.78 is 10.4. The first-order valence-electron chi connectivity index (χ1n) is 6.49. The second-order valence-electron chi connectivity index (χ2n) is 4.13. The molecule has 0 aliphatic rings. The molecule has 2 heteroatoms. The first kappa shape index (κ1) is 14.6. The van der Waals surface area contributed by atoms with E-state index >= 15 is 0 Å². The molecular weight excluding hydrogens is 224 g/mol. The minimum Gasteiger partial charge on any atom is -0.464 e. The van der Waals surface area contributed by atoms with Crippen molar-refractivity contribution in [2.75, 3.05) is 13.9 Å². The molecule has 0 radical (unpaired) electrons. The quantitative estimate of drug-likeness (QED) is 0.293. The van der Waals surface area contributed by atoms with Crippen LogP contribution in [0.1, 0.15) is 38.2 Å². The SMILES string of the molecule is CCCCCC(=C=Cc1ccccc1)OCOC. The zero-order valence-electron chi connectivity index (χ0n) is 11.3. The monoisotopic (exact) mass is 246 g/mol. The number of benzene rings is 1. The molecule has 0 aliphatic carbocycles. The summed E-state index contributed by atoms with van der Waals surface area (Å²) in [5.41, 5.74) is 4.35. The van der Waals surface area contributed by atoms with Gasteiger partial charge in [-0.15, -0.1) is 0 Å². The lowest BCUT2D eigenvalue weighted by Crippen LogP contribution is -1.96. The zero-order chi connectivity index (χ0) is 13.1. The second-order valence-corrected chi connectivity index (χ2v) is 4.13. The van der Waals surface area contributed by atoms with Crippen molar-refractivity contribution in [3.05, 3.63) is 47.4 Å². The molecule has 0 spiro atoms. The summed E-state index contributed by atoms with van der Waals surface area (Å²) in [6, 6.07) is 10.1. The van der Waals surface area contributed by atoms with E-state index in [1.165, 1.54) is 12.8 Å². The van der Waals surface area contributed by atoms with E-state index in [0.717, 1.165) is 24.2 Å². The van der Waals surface area contributed by atoms with Gasteiger partial charge in [0.25, 0.3) is 0 Å². The van der Waals surface area contributed by atoms with Crippen LogP contribution in [0.5, 0.6) is 0 Å². The second kappa shape index (κ2) is 9.52. The van der Waals surface area contributed by atoms with Crippen LogP contribution in [0.25, 0.3) is 6.08 Å². The fourth-order valence-corrected chi connectivity index (χ4v) is 1.56. The Labute approximate surface area is 110 Å². The maximum atomic E-state index is 5.51. The van der Waals surface area contributed by atoms with E-state index in [-0.39, 0.29) is 6.79 Å². The molecule has 0 heterocycles. The number of hydrogen-bond acceptors (Lipinski definition) is 2. The van der Waals surface area contributed by atoms with Crippen molar-refractivity contribution in [2.24, 2.45) is 0 Å². The van der Waals surface area contributed by atoms with Crippen LogP contribution in [0.2, 0.25) is 0 Å². The normalized spacial score (nSPS) is 9.67. The molecule has 18 heavy (non-hydrogen) atoms. The van der Waals surface area contributed by atoms with E-state index in [1.807, 2.05) is 36.4 Å². The van der Waals surface area contributed by atoms with E-state index in [9.17, 15) is 0 Å². The van der Waals surface area contributed by atoms with Crippen LogP contribution in [0.4, 0.5) is 0 Å². The standard InChI is InChI=1S/C16H22O2/c1-3-4-6-11-16(18-14-17-2)13-12-15-9-7-5-8-10-15/h5,7-10,12H,3-4,6,11,14H2,1-2H3. The number of hydrogen-bond donors (Lipinski definition) is 0. The van der Waals surface area contributed by atoms with Crippen LogP contribution in [-0.2, 0) is 9.47 Å². The Morgan fingerprint density at radius 2 is 2.00 bits per heavy atom. The van der Waals surface area contributed by atoms with Crippen LogP contribution in [0, 0.1) is 0 Å². The molecule has 1 aromatic carbocycles. The lowest BCUT2D eigenvalue weighted by atomic mass is 10.1. The fourth-order valence-electron chi connectivity index (χ4n) is 1.56. The predicted octanol–water partition coefficient (Wildman–Crippen LogP) is 4.38. The highest BCUT2D eigenvalue weighted by Gasteiger charge is 1.97. The van der Waals surface area contributed by atoms with Crippen molar-refractivity contribution in [2.45, 2.75) is 32.6 Å². The molecular formula is C16H22O2. The molecule has 0 aliphatic heterocycles. The summed E-state index contributed by atoms with van der Waals surface area (Å²) >= 11 is 0. The van der Waals surface area contributed by atoms with Gasteiger partial charge in [0.2, 0.25) is 0 Å². The third-order valence-corrected chi connectivity index (χ3v) is 2.56. The molecule has 1 aromatic rings. The molecule has 0 atom stereocenters. The minimum atomic E-state index is 0.289. The molecule has 0 saturated heterocycles. The van der Waals surface area contributed by atoms with Crippen LogP contribution < -0.4 is 0 Å². The fraction of sp³-hybridized carbons (Fsp3) is 0.438. The van der Waals surface area contributed by atoms with Crippen molar-refractivity contribution in [3.63, 3.8) is 0 Å². The van der Waals surface area contributed by atoms with Gasteiger partial charge in [0.15, 0.2) is 6.79 Å². The molecule has 0 unspecified atom stereocenters. The molecule has 1 rings (SSSR count). The van der Waals surface area contributed by atoms with Gasteiger partial charge in [0, 0.05) is 13.5 Å². The molecule has 0 bridgehead atoms. The molecule has 0 N–H and O–H groups in total. The van der Waals surface area contributed by atoms with Gasteiger partial charge in [-0.05, 0) is 18.1 Å². The summed E-state index contributed by atoms with van der Waals surface area (Å²) in [5.74, 6) is 0.870. The lowest BCUT2D eigenvalue weighted by Gasteiger charge is -2.06. The average molecular weight is 246 g/mol. The van der Waals surface area contributed by atoms with E-state index < -0.39 is 0 Å². The number of unbranched alkanes of at least 4 members (excludes halogenated alkanes) is 2. The van der Waals surface area contributed by atoms with Crippen LogP contribution >= 0.6 is 0 Å². The van der Waals surface area contributed by atoms with Gasteiger partial charge in [-0.2, -0.15) is 0 Å². The predicted molar refractivity (Wildman–Crippen MR) is 75.0 cm³/mol. The first-order valence-corrected chi connectivity index (χ1v) is 6.49. The topological polar surface area (TPSA) is 18.5 Å². The Bertz CT molecular complexity index is 375. The Morgan fingerprint density at radius 1 is 1.22 bits per heavy atom. The van der Waals surface area contributed by atoms with E-state index in [4.69, 9.17) is 9.47 Å². The van der Waals surface area contributed by atoms with Crippen LogP contribution in [-0.4, -0.2) is 13.9 Å². The van der Waals surface area contributed by atoms with Crippen LogP contribution in [0.3, 0.4) is 0 Å². The number of allylic oxidation sites excluding steroid dienone is 1. The van der Waals surface area contributed by atoms with Gasteiger partial charge < -0.3 is 9.47 Å². The number of ether oxygens (including phenoxy) is 2. The highest BCUT2D eigenvalue weighted by atomic mass is 16.7. The Hall–Kier alpha value is -1.50. The van der Waals surface area contributed by atoms with E-state index in [2.05, 4.69) is 12.7 Å². The number of rotatable bonds is 8. The molecule has 98 valence electrons. The number of methoxy groups -OCH3 is 1. The highest BCUT2D eigenvalue weighted by Crippen LogP contribution is 2.10. The third-order valence-electron chi connectivity index (χ3n) is 2.56. The summed E-state index contributed by atoms with van der Waals surface area (Å²) in [6.45, 7) is 2.48. The van der Waals surface area contributed by atoms with Crippen molar-refractivity contribution < 1.29 is 9.47 Å². The van der Waals surface area contributed by atoms with Gasteiger partial charge >= 0.3 is 0 Å². The van der Waals surface area contributed by atoms with Gasteiger partial charge in [0.05, 0.1) is 0 Å². The van der Waals surface area contributed by atoms with Crippen molar-refractivity contribution >= 4 is 6.08 Å². The third kappa shape index (κ3) is 6.29. The minimum absolute atomic E-state index is 0.289. The molecule has 0 fully saturated rings. The average Bonchev–Trinajstić information content (AvgIpc) is 2.42. The van der Waals surface area contributed by atoms with Crippen LogP contribution in [0.15, 0.2) is 41.8 Å². The smallest absolute Gasteiger partial charge is 0.189 e. The summed E-state index contributed by atoms with van der Waals surface area (Å²) in [6.07, 6.45) is 6.43. The Balaban J connectivity index is 2.64. The zero-order valence-corrected chi connectivity index (χ0v) is 11.3. The van der Waals surface area contributed by atoms with Crippen molar-refractivity contribution in [3.8, 4) is 0 Å². The van der Waals surface area contributed by atoms with E-state index in [1.54, 1.807) is 7.11 Å². The van der Waals surface area contributed by atoms with Crippen molar-refractivity contribution in [1.82, 2.24) is 0 Å². The lowest BCUT2D eigenvalue weighted by molar-refractivity contribution is 0.00251. The summed E-state index contributed by atoms with van der Waals surface area (Å²) in [7, 11) is 1.63.